The molecule has 27 heavy (non-hydrogen) atoms. The lowest BCUT2D eigenvalue weighted by molar-refractivity contribution is 0.0951. The molecule has 1 N–H and O–H groups in total. The van der Waals surface area contributed by atoms with Gasteiger partial charge in [-0.25, -0.2) is 12.8 Å². The van der Waals surface area contributed by atoms with E-state index < -0.39 is 10.0 Å². The Labute approximate surface area is 156 Å². The van der Waals surface area contributed by atoms with Crippen molar-refractivity contribution in [2.24, 2.45) is 0 Å². The Bertz CT molecular complexity index is 931. The van der Waals surface area contributed by atoms with Crippen LogP contribution in [0.3, 0.4) is 0 Å². The molecule has 9 heteroatoms. The third-order valence-corrected chi connectivity index (χ3v) is 5.27. The van der Waals surface area contributed by atoms with Crippen LogP contribution in [-0.2, 0) is 16.6 Å². The van der Waals surface area contributed by atoms with Gasteiger partial charge in [-0.15, -0.1) is 0 Å². The zero-order valence-electron chi connectivity index (χ0n) is 14.6. The highest BCUT2D eigenvalue weighted by atomic mass is 32.2. The van der Waals surface area contributed by atoms with Crippen LogP contribution in [-0.4, -0.2) is 44.8 Å². The number of benzene rings is 2. The number of nitrogens with zero attached hydrogens (tertiary/aromatic N) is 1. The normalized spacial score (nSPS) is 13.0. The zero-order chi connectivity index (χ0) is 19.4. The van der Waals surface area contributed by atoms with E-state index in [9.17, 15) is 17.6 Å². The first kappa shape index (κ1) is 19.1. The molecule has 3 rings (SSSR count). The van der Waals surface area contributed by atoms with E-state index in [-0.39, 0.29) is 38.2 Å². The van der Waals surface area contributed by atoms with E-state index >= 15 is 0 Å². The molecular formula is C18H19FN2O5S. The first-order valence-corrected chi connectivity index (χ1v) is 10.1. The molecule has 7 nitrogen and oxygen atoms in total. The number of nitrogens with one attached hydrogen (secondary N) is 1. The summed E-state index contributed by atoms with van der Waals surface area (Å²) >= 11 is 0. The third-order valence-electron chi connectivity index (χ3n) is 4.02. The number of ether oxygens (including phenoxy) is 2. The Balaban J connectivity index is 1.58. The molecule has 0 atom stereocenters. The maximum Gasteiger partial charge on any atom is 0.251 e. The first-order chi connectivity index (χ1) is 12.8. The summed E-state index contributed by atoms with van der Waals surface area (Å²) in [6.45, 7) is 0.431. The second-order valence-corrected chi connectivity index (χ2v) is 8.03. The van der Waals surface area contributed by atoms with Crippen molar-refractivity contribution in [2.45, 2.75) is 6.54 Å². The minimum Gasteiger partial charge on any atom is -0.454 e. The lowest BCUT2D eigenvalue weighted by Crippen LogP contribution is -2.37. The van der Waals surface area contributed by atoms with Crippen LogP contribution in [0.2, 0.25) is 0 Å². The standard InChI is InChI=1S/C18H19FN2O5S/c1-27(23,24)21(11-13-2-5-15(19)6-3-13)9-8-20-18(22)14-4-7-16-17(10-14)26-12-25-16/h2-7,10H,8-9,11-12H2,1H3,(H,20,22). The van der Waals surface area contributed by atoms with Crippen LogP contribution < -0.4 is 14.8 Å². The molecular weight excluding hydrogens is 375 g/mol. The molecule has 0 bridgehead atoms. The van der Waals surface area contributed by atoms with Crippen molar-refractivity contribution in [3.05, 3.63) is 59.4 Å². The summed E-state index contributed by atoms with van der Waals surface area (Å²) < 4.78 is 48.6. The van der Waals surface area contributed by atoms with Gasteiger partial charge in [-0.2, -0.15) is 4.31 Å². The van der Waals surface area contributed by atoms with E-state index in [1.807, 2.05) is 0 Å². The fourth-order valence-electron chi connectivity index (χ4n) is 2.59. The van der Waals surface area contributed by atoms with Crippen LogP contribution in [0.25, 0.3) is 0 Å². The molecule has 0 radical (unpaired) electrons. The van der Waals surface area contributed by atoms with Crippen LogP contribution in [0.5, 0.6) is 11.5 Å². The van der Waals surface area contributed by atoms with E-state index in [4.69, 9.17) is 9.47 Å². The Morgan fingerprint density at radius 2 is 1.85 bits per heavy atom. The molecule has 0 saturated carbocycles. The maximum absolute atomic E-state index is 13.0. The summed E-state index contributed by atoms with van der Waals surface area (Å²) in [5.41, 5.74) is 1.05. The van der Waals surface area contributed by atoms with Gasteiger partial charge in [-0.1, -0.05) is 12.1 Å². The van der Waals surface area contributed by atoms with Gasteiger partial charge in [0, 0.05) is 25.2 Å². The molecule has 1 amide bonds. The summed E-state index contributed by atoms with van der Waals surface area (Å²) in [5.74, 6) is 0.343. The number of sulfonamides is 1. The largest absolute Gasteiger partial charge is 0.454 e. The second kappa shape index (κ2) is 7.93. The quantitative estimate of drug-likeness (QED) is 0.773. The Hall–Kier alpha value is -2.65. The molecule has 1 aliphatic heterocycles. The van der Waals surface area contributed by atoms with Crippen molar-refractivity contribution >= 4 is 15.9 Å². The van der Waals surface area contributed by atoms with E-state index in [0.29, 0.717) is 22.6 Å². The fourth-order valence-corrected chi connectivity index (χ4v) is 3.40. The highest BCUT2D eigenvalue weighted by Gasteiger charge is 2.19. The molecule has 0 aromatic heterocycles. The first-order valence-electron chi connectivity index (χ1n) is 8.20. The van der Waals surface area contributed by atoms with Crippen LogP contribution in [0.4, 0.5) is 4.39 Å². The molecule has 1 heterocycles. The number of fused-ring (bicyclic) bond motifs is 1. The van der Waals surface area contributed by atoms with E-state index in [1.54, 1.807) is 18.2 Å². The number of amides is 1. The van der Waals surface area contributed by atoms with Gasteiger partial charge < -0.3 is 14.8 Å². The topological polar surface area (TPSA) is 84.9 Å². The van der Waals surface area contributed by atoms with Crippen molar-refractivity contribution in [2.75, 3.05) is 26.1 Å². The lowest BCUT2D eigenvalue weighted by Gasteiger charge is -2.20. The number of halogens is 1. The molecule has 2 aromatic carbocycles. The zero-order valence-corrected chi connectivity index (χ0v) is 15.5. The van der Waals surface area contributed by atoms with E-state index in [0.717, 1.165) is 6.26 Å². The summed E-state index contributed by atoms with van der Waals surface area (Å²) in [6.07, 6.45) is 1.09. The molecule has 0 saturated heterocycles. The van der Waals surface area contributed by atoms with Gasteiger partial charge >= 0.3 is 0 Å². The predicted octanol–water partition coefficient (Wildman–Crippen LogP) is 1.75. The molecule has 0 aliphatic carbocycles. The van der Waals surface area contributed by atoms with Crippen LogP contribution in [0.1, 0.15) is 15.9 Å². The summed E-state index contributed by atoms with van der Waals surface area (Å²) in [4.78, 5) is 12.3. The van der Waals surface area contributed by atoms with Gasteiger partial charge in [0.2, 0.25) is 16.8 Å². The number of rotatable bonds is 7. The molecule has 2 aromatic rings. The fraction of sp³-hybridized carbons (Fsp3) is 0.278. The van der Waals surface area contributed by atoms with Crippen LogP contribution >= 0.6 is 0 Å². The number of carbonyl (C=O) groups excluding carboxylic acids is 1. The van der Waals surface area contributed by atoms with Crippen molar-refractivity contribution in [1.82, 2.24) is 9.62 Å². The number of hydrogen-bond acceptors (Lipinski definition) is 5. The van der Waals surface area contributed by atoms with E-state index in [1.165, 1.54) is 28.6 Å². The minimum absolute atomic E-state index is 0.0898. The van der Waals surface area contributed by atoms with Gasteiger partial charge in [-0.3, -0.25) is 4.79 Å². The average Bonchev–Trinajstić information content (AvgIpc) is 3.09. The predicted molar refractivity (Wildman–Crippen MR) is 96.6 cm³/mol. The monoisotopic (exact) mass is 394 g/mol. The third kappa shape index (κ3) is 4.95. The number of carbonyl (C=O) groups is 1. The second-order valence-electron chi connectivity index (χ2n) is 6.05. The van der Waals surface area contributed by atoms with Gasteiger partial charge in [-0.05, 0) is 35.9 Å². The summed E-state index contributed by atoms with van der Waals surface area (Å²) in [7, 11) is -3.49. The number of hydrogen-bond donors (Lipinski definition) is 1. The van der Waals surface area contributed by atoms with Crippen molar-refractivity contribution < 1.29 is 27.1 Å². The Morgan fingerprint density at radius 3 is 2.56 bits per heavy atom. The highest BCUT2D eigenvalue weighted by Crippen LogP contribution is 2.32. The average molecular weight is 394 g/mol. The highest BCUT2D eigenvalue weighted by molar-refractivity contribution is 7.88. The molecule has 144 valence electrons. The molecule has 0 unspecified atom stereocenters. The summed E-state index contributed by atoms with van der Waals surface area (Å²) in [6, 6.07) is 10.4. The SMILES string of the molecule is CS(=O)(=O)N(CCNC(=O)c1ccc2c(c1)OCO2)Cc1ccc(F)cc1. The van der Waals surface area contributed by atoms with Gasteiger partial charge in [0.05, 0.1) is 6.26 Å². The van der Waals surface area contributed by atoms with Crippen molar-refractivity contribution in [1.29, 1.82) is 0 Å². The smallest absolute Gasteiger partial charge is 0.251 e. The van der Waals surface area contributed by atoms with Gasteiger partial charge in [0.15, 0.2) is 11.5 Å². The van der Waals surface area contributed by atoms with Crippen molar-refractivity contribution in [3.63, 3.8) is 0 Å². The van der Waals surface area contributed by atoms with Gasteiger partial charge in [0.1, 0.15) is 5.82 Å². The molecule has 0 spiro atoms. The maximum atomic E-state index is 13.0. The van der Waals surface area contributed by atoms with Crippen LogP contribution in [0.15, 0.2) is 42.5 Å². The van der Waals surface area contributed by atoms with Gasteiger partial charge in [0.25, 0.3) is 5.91 Å². The molecule has 0 fully saturated rings. The Kier molecular flexibility index (Phi) is 5.62. The van der Waals surface area contributed by atoms with E-state index in [2.05, 4.69) is 5.32 Å². The lowest BCUT2D eigenvalue weighted by atomic mass is 10.2. The minimum atomic E-state index is -3.49. The van der Waals surface area contributed by atoms with Crippen LogP contribution in [0, 0.1) is 5.82 Å². The summed E-state index contributed by atoms with van der Waals surface area (Å²) in [5, 5.41) is 2.69. The molecule has 1 aliphatic rings. The van der Waals surface area contributed by atoms with Crippen molar-refractivity contribution in [3.8, 4) is 11.5 Å². The Morgan fingerprint density at radius 1 is 1.15 bits per heavy atom.